The van der Waals surface area contributed by atoms with Gasteiger partial charge in [-0.15, -0.1) is 11.3 Å². The first-order valence-electron chi connectivity index (χ1n) is 12.7. The van der Waals surface area contributed by atoms with Gasteiger partial charge in [-0.05, 0) is 80.2 Å². The van der Waals surface area contributed by atoms with Crippen molar-refractivity contribution < 1.29 is 23.9 Å². The highest BCUT2D eigenvalue weighted by Crippen LogP contribution is 2.53. The van der Waals surface area contributed by atoms with Crippen LogP contribution in [0.1, 0.15) is 57.8 Å². The van der Waals surface area contributed by atoms with Gasteiger partial charge in [-0.3, -0.25) is 19.3 Å². The standard InChI is InChI=1S/C28H28N2O5S/c1-3-35-28(34)23-19-12-14(2)4-11-20(19)36-25(23)29-24(31)15-7-9-18(10-8-15)30-26(32)21-16-5-6-17(13-16)22(21)27(30)33/h5-10,14,16-17,21-22H,3-4,11-13H2,1-2H3,(H,29,31)/t14?,16-,17+,21+,22-. The number of nitrogens with one attached hydrogen (secondary N) is 1. The molecule has 0 spiro atoms. The van der Waals surface area contributed by atoms with E-state index in [4.69, 9.17) is 4.74 Å². The van der Waals surface area contributed by atoms with Crippen molar-refractivity contribution in [3.05, 3.63) is 58.0 Å². The predicted octanol–water partition coefficient (Wildman–Crippen LogP) is 4.61. The summed E-state index contributed by atoms with van der Waals surface area (Å²) in [5, 5.41) is 3.44. The predicted molar refractivity (Wildman–Crippen MR) is 136 cm³/mol. The van der Waals surface area contributed by atoms with Crippen molar-refractivity contribution >= 4 is 45.7 Å². The molecule has 3 aliphatic carbocycles. The molecule has 186 valence electrons. The fourth-order valence-corrected chi connectivity index (χ4v) is 7.59. The van der Waals surface area contributed by atoms with E-state index in [1.165, 1.54) is 16.2 Å². The van der Waals surface area contributed by atoms with Crippen LogP contribution in [0.2, 0.25) is 0 Å². The summed E-state index contributed by atoms with van der Waals surface area (Å²) in [5.41, 5.74) is 2.33. The van der Waals surface area contributed by atoms with Crippen molar-refractivity contribution in [3.8, 4) is 0 Å². The number of anilines is 2. The summed E-state index contributed by atoms with van der Waals surface area (Å²) in [6.07, 6.45) is 7.76. The number of esters is 1. The molecule has 4 aliphatic rings. The molecule has 1 unspecified atom stereocenters. The average Bonchev–Trinajstić information content (AvgIpc) is 3.61. The second kappa shape index (κ2) is 8.69. The molecule has 1 aromatic carbocycles. The van der Waals surface area contributed by atoms with Crippen LogP contribution < -0.4 is 10.2 Å². The van der Waals surface area contributed by atoms with E-state index in [0.717, 1.165) is 36.1 Å². The zero-order valence-corrected chi connectivity index (χ0v) is 21.1. The first kappa shape index (κ1) is 23.2. The van der Waals surface area contributed by atoms with Crippen LogP contribution >= 0.6 is 11.3 Å². The number of fused-ring (bicyclic) bond motifs is 6. The molecule has 0 radical (unpaired) electrons. The number of hydrogen-bond donors (Lipinski definition) is 1. The highest BCUT2D eigenvalue weighted by Gasteiger charge is 2.59. The van der Waals surface area contributed by atoms with E-state index in [9.17, 15) is 19.2 Å². The minimum Gasteiger partial charge on any atom is -0.462 e. The summed E-state index contributed by atoms with van der Waals surface area (Å²) < 4.78 is 5.30. The fraction of sp³-hybridized carbons (Fsp3) is 0.429. The van der Waals surface area contributed by atoms with Crippen molar-refractivity contribution in [3.63, 3.8) is 0 Å². The Morgan fingerprint density at radius 3 is 2.39 bits per heavy atom. The number of amides is 3. The first-order valence-corrected chi connectivity index (χ1v) is 13.5. The average molecular weight is 505 g/mol. The third-order valence-electron chi connectivity index (χ3n) is 8.07. The first-order chi connectivity index (χ1) is 17.4. The molecule has 6 rings (SSSR count). The number of carbonyl (C=O) groups is 4. The van der Waals surface area contributed by atoms with Gasteiger partial charge in [0.1, 0.15) is 5.00 Å². The highest BCUT2D eigenvalue weighted by atomic mass is 32.1. The monoisotopic (exact) mass is 504 g/mol. The maximum absolute atomic E-state index is 13.1. The summed E-state index contributed by atoms with van der Waals surface area (Å²) in [4.78, 5) is 54.5. The molecular weight excluding hydrogens is 476 g/mol. The summed E-state index contributed by atoms with van der Waals surface area (Å²) in [6.45, 7) is 4.20. The molecule has 2 aromatic rings. The van der Waals surface area contributed by atoms with E-state index in [1.807, 2.05) is 0 Å². The number of ether oxygens (including phenoxy) is 1. The third kappa shape index (κ3) is 3.53. The number of allylic oxidation sites excluding steroid dienone is 2. The number of carbonyl (C=O) groups excluding carboxylic acids is 4. The van der Waals surface area contributed by atoms with Gasteiger partial charge in [-0.2, -0.15) is 0 Å². The van der Waals surface area contributed by atoms with E-state index in [2.05, 4.69) is 24.4 Å². The lowest BCUT2D eigenvalue weighted by Gasteiger charge is -2.18. The van der Waals surface area contributed by atoms with E-state index >= 15 is 0 Å². The van der Waals surface area contributed by atoms with E-state index in [-0.39, 0.29) is 48.0 Å². The molecule has 2 fully saturated rings. The summed E-state index contributed by atoms with van der Waals surface area (Å²) in [5.74, 6) is -0.786. The third-order valence-corrected chi connectivity index (χ3v) is 9.28. The number of imide groups is 1. The summed E-state index contributed by atoms with van der Waals surface area (Å²) in [7, 11) is 0. The Hall–Kier alpha value is -3.26. The highest BCUT2D eigenvalue weighted by molar-refractivity contribution is 7.17. The molecule has 1 N–H and O–H groups in total. The van der Waals surface area contributed by atoms with Crippen LogP contribution in [-0.2, 0) is 27.2 Å². The molecule has 1 saturated heterocycles. The van der Waals surface area contributed by atoms with Gasteiger partial charge in [0.05, 0.1) is 29.7 Å². The molecule has 1 saturated carbocycles. The van der Waals surface area contributed by atoms with Crippen LogP contribution in [0.25, 0.3) is 0 Å². The largest absolute Gasteiger partial charge is 0.462 e. The van der Waals surface area contributed by atoms with Gasteiger partial charge in [-0.25, -0.2) is 4.79 Å². The fourth-order valence-electron chi connectivity index (χ4n) is 6.36. The molecule has 2 bridgehead atoms. The van der Waals surface area contributed by atoms with Gasteiger partial charge >= 0.3 is 5.97 Å². The number of hydrogen-bond acceptors (Lipinski definition) is 6. The maximum atomic E-state index is 13.1. The SMILES string of the molecule is CCOC(=O)c1c(NC(=O)c2ccc(N3C(=O)[C@@H]4[C@H](C3=O)[C@H]3C=C[C@@H]4C3)cc2)sc2c1CC(C)CC2. The molecule has 1 aliphatic heterocycles. The molecule has 7 nitrogen and oxygen atoms in total. The van der Waals surface area contributed by atoms with Gasteiger partial charge in [0.2, 0.25) is 11.8 Å². The van der Waals surface area contributed by atoms with Crippen molar-refractivity contribution in [1.82, 2.24) is 0 Å². The summed E-state index contributed by atoms with van der Waals surface area (Å²) >= 11 is 1.44. The van der Waals surface area contributed by atoms with Gasteiger partial charge in [0.15, 0.2) is 0 Å². The lowest BCUT2D eigenvalue weighted by atomic mass is 9.85. The number of rotatable bonds is 5. The quantitative estimate of drug-likeness (QED) is 0.365. The normalized spacial score (nSPS) is 27.8. The van der Waals surface area contributed by atoms with Crippen LogP contribution in [0.3, 0.4) is 0 Å². The lowest BCUT2D eigenvalue weighted by Crippen LogP contribution is -2.32. The van der Waals surface area contributed by atoms with E-state index in [1.54, 1.807) is 31.2 Å². The molecule has 5 atom stereocenters. The van der Waals surface area contributed by atoms with Crippen molar-refractivity contribution in [1.29, 1.82) is 0 Å². The second-order valence-corrected chi connectivity index (χ2v) is 11.4. The van der Waals surface area contributed by atoms with Crippen LogP contribution in [-0.4, -0.2) is 30.3 Å². The van der Waals surface area contributed by atoms with Crippen LogP contribution in [0.15, 0.2) is 36.4 Å². The van der Waals surface area contributed by atoms with Crippen LogP contribution in [0.4, 0.5) is 10.7 Å². The molecular formula is C28H28N2O5S. The lowest BCUT2D eigenvalue weighted by molar-refractivity contribution is -0.123. The summed E-state index contributed by atoms with van der Waals surface area (Å²) in [6, 6.07) is 6.53. The van der Waals surface area contributed by atoms with Crippen molar-refractivity contribution in [2.45, 2.75) is 39.5 Å². The molecule has 1 aromatic heterocycles. The number of nitrogens with zero attached hydrogens (tertiary/aromatic N) is 1. The Bertz CT molecular complexity index is 1280. The zero-order chi connectivity index (χ0) is 25.1. The number of thiophene rings is 1. The van der Waals surface area contributed by atoms with Crippen molar-refractivity contribution in [2.75, 3.05) is 16.8 Å². The Balaban J connectivity index is 1.22. The minimum absolute atomic E-state index is 0.142. The van der Waals surface area contributed by atoms with Crippen molar-refractivity contribution in [2.24, 2.45) is 29.6 Å². The number of benzene rings is 1. The zero-order valence-electron chi connectivity index (χ0n) is 20.3. The Kier molecular flexibility index (Phi) is 5.59. The molecule has 8 heteroatoms. The second-order valence-electron chi connectivity index (χ2n) is 10.3. The molecule has 36 heavy (non-hydrogen) atoms. The Labute approximate surface area is 213 Å². The van der Waals surface area contributed by atoms with Crippen LogP contribution in [0.5, 0.6) is 0 Å². The molecule has 2 heterocycles. The van der Waals surface area contributed by atoms with Gasteiger partial charge in [0, 0.05) is 10.4 Å². The Morgan fingerprint density at radius 2 is 1.75 bits per heavy atom. The van der Waals surface area contributed by atoms with Gasteiger partial charge in [-0.1, -0.05) is 19.1 Å². The smallest absolute Gasteiger partial charge is 0.341 e. The van der Waals surface area contributed by atoms with E-state index in [0.29, 0.717) is 27.7 Å². The minimum atomic E-state index is -0.408. The van der Waals surface area contributed by atoms with Gasteiger partial charge in [0.25, 0.3) is 5.91 Å². The van der Waals surface area contributed by atoms with Crippen LogP contribution in [0, 0.1) is 29.6 Å². The molecule has 3 amide bonds. The maximum Gasteiger partial charge on any atom is 0.341 e. The topological polar surface area (TPSA) is 92.8 Å². The number of aryl methyl sites for hydroxylation is 1. The van der Waals surface area contributed by atoms with E-state index < -0.39 is 5.97 Å². The Morgan fingerprint density at radius 1 is 1.08 bits per heavy atom. The van der Waals surface area contributed by atoms with Gasteiger partial charge < -0.3 is 10.1 Å².